The SMILES string of the molecule is CCOc1cccc(CCl)c1OCCCSCC. The smallest absolute Gasteiger partial charge is 0.165 e. The number of para-hydroxylation sites is 1. The van der Waals surface area contributed by atoms with Gasteiger partial charge in [-0.05, 0) is 30.9 Å². The van der Waals surface area contributed by atoms with Crippen molar-refractivity contribution in [1.29, 1.82) is 0 Å². The van der Waals surface area contributed by atoms with Gasteiger partial charge in [0.1, 0.15) is 0 Å². The minimum atomic E-state index is 0.444. The first kappa shape index (κ1) is 15.5. The van der Waals surface area contributed by atoms with Gasteiger partial charge in [0, 0.05) is 5.56 Å². The summed E-state index contributed by atoms with van der Waals surface area (Å²) in [5.41, 5.74) is 0.991. The maximum absolute atomic E-state index is 5.93. The minimum Gasteiger partial charge on any atom is -0.490 e. The molecule has 0 saturated carbocycles. The first-order valence-electron chi connectivity index (χ1n) is 6.34. The summed E-state index contributed by atoms with van der Waals surface area (Å²) in [4.78, 5) is 0. The highest BCUT2D eigenvalue weighted by Crippen LogP contribution is 2.32. The third-order valence-electron chi connectivity index (χ3n) is 2.39. The molecule has 102 valence electrons. The number of ether oxygens (including phenoxy) is 2. The summed E-state index contributed by atoms with van der Waals surface area (Å²) in [5.74, 6) is 4.32. The number of rotatable bonds is 9. The van der Waals surface area contributed by atoms with Crippen molar-refractivity contribution >= 4 is 23.4 Å². The lowest BCUT2D eigenvalue weighted by Gasteiger charge is -2.14. The maximum Gasteiger partial charge on any atom is 0.165 e. The standard InChI is InChI=1S/C14H21ClO2S/c1-3-16-13-8-5-7-12(11-15)14(13)17-9-6-10-18-4-2/h5,7-8H,3-4,6,9-11H2,1-2H3. The van der Waals surface area contributed by atoms with Crippen LogP contribution in [0.25, 0.3) is 0 Å². The molecule has 0 spiro atoms. The molecule has 4 heteroatoms. The molecule has 0 atom stereocenters. The van der Waals surface area contributed by atoms with Crippen LogP contribution in [0.3, 0.4) is 0 Å². The van der Waals surface area contributed by atoms with E-state index in [0.29, 0.717) is 19.1 Å². The van der Waals surface area contributed by atoms with E-state index >= 15 is 0 Å². The summed E-state index contributed by atoms with van der Waals surface area (Å²) < 4.78 is 11.4. The molecular formula is C14H21ClO2S. The Morgan fingerprint density at radius 2 is 2.06 bits per heavy atom. The second-order valence-corrected chi connectivity index (χ2v) is 5.37. The largest absolute Gasteiger partial charge is 0.490 e. The third-order valence-corrected chi connectivity index (χ3v) is 3.66. The van der Waals surface area contributed by atoms with Gasteiger partial charge in [-0.2, -0.15) is 11.8 Å². The number of halogens is 1. The van der Waals surface area contributed by atoms with Crippen molar-refractivity contribution in [2.75, 3.05) is 24.7 Å². The molecule has 0 heterocycles. The van der Waals surface area contributed by atoms with E-state index in [-0.39, 0.29) is 0 Å². The molecule has 1 aromatic carbocycles. The molecule has 2 nitrogen and oxygen atoms in total. The Balaban J connectivity index is 2.60. The van der Waals surface area contributed by atoms with Crippen molar-refractivity contribution in [2.45, 2.75) is 26.1 Å². The van der Waals surface area contributed by atoms with Gasteiger partial charge >= 0.3 is 0 Å². The van der Waals surface area contributed by atoms with Crippen LogP contribution in [0.1, 0.15) is 25.8 Å². The highest BCUT2D eigenvalue weighted by molar-refractivity contribution is 7.99. The monoisotopic (exact) mass is 288 g/mol. The lowest BCUT2D eigenvalue weighted by molar-refractivity contribution is 0.276. The van der Waals surface area contributed by atoms with Crippen LogP contribution < -0.4 is 9.47 Å². The van der Waals surface area contributed by atoms with Gasteiger partial charge in [-0.1, -0.05) is 19.1 Å². The van der Waals surface area contributed by atoms with E-state index < -0.39 is 0 Å². The molecule has 18 heavy (non-hydrogen) atoms. The van der Waals surface area contributed by atoms with E-state index in [1.807, 2.05) is 36.9 Å². The fourth-order valence-electron chi connectivity index (χ4n) is 1.58. The van der Waals surface area contributed by atoms with Gasteiger partial charge in [0.2, 0.25) is 0 Å². The molecule has 0 saturated heterocycles. The molecule has 0 radical (unpaired) electrons. The van der Waals surface area contributed by atoms with E-state index in [9.17, 15) is 0 Å². The fourth-order valence-corrected chi connectivity index (χ4v) is 2.40. The fraction of sp³-hybridized carbons (Fsp3) is 0.571. The molecular weight excluding hydrogens is 268 g/mol. The normalized spacial score (nSPS) is 10.4. The van der Waals surface area contributed by atoms with Crippen LogP contribution in [0.2, 0.25) is 0 Å². The zero-order chi connectivity index (χ0) is 13.2. The zero-order valence-electron chi connectivity index (χ0n) is 11.1. The molecule has 0 aliphatic heterocycles. The van der Waals surface area contributed by atoms with Gasteiger partial charge in [0.25, 0.3) is 0 Å². The lowest BCUT2D eigenvalue weighted by Crippen LogP contribution is -2.04. The number of hydrogen-bond donors (Lipinski definition) is 0. The molecule has 1 rings (SSSR count). The van der Waals surface area contributed by atoms with E-state index in [0.717, 1.165) is 35.0 Å². The van der Waals surface area contributed by atoms with E-state index in [2.05, 4.69) is 6.92 Å². The summed E-state index contributed by atoms with van der Waals surface area (Å²) in [6.45, 7) is 5.48. The van der Waals surface area contributed by atoms with Crippen molar-refractivity contribution in [1.82, 2.24) is 0 Å². The zero-order valence-corrected chi connectivity index (χ0v) is 12.6. The molecule has 0 bridgehead atoms. The van der Waals surface area contributed by atoms with Gasteiger partial charge < -0.3 is 9.47 Å². The molecule has 1 aromatic rings. The minimum absolute atomic E-state index is 0.444. The summed E-state index contributed by atoms with van der Waals surface area (Å²) in [6, 6.07) is 5.85. The average Bonchev–Trinajstić information content (AvgIpc) is 2.40. The Kier molecular flexibility index (Phi) is 8.10. The van der Waals surface area contributed by atoms with Gasteiger partial charge in [-0.25, -0.2) is 0 Å². The third kappa shape index (κ3) is 4.99. The first-order valence-corrected chi connectivity index (χ1v) is 8.03. The Hall–Kier alpha value is -0.540. The van der Waals surface area contributed by atoms with Crippen LogP contribution in [-0.4, -0.2) is 24.7 Å². The highest BCUT2D eigenvalue weighted by atomic mass is 35.5. The number of alkyl halides is 1. The number of benzene rings is 1. The van der Waals surface area contributed by atoms with E-state index in [1.165, 1.54) is 0 Å². The summed E-state index contributed by atoms with van der Waals surface area (Å²) in [7, 11) is 0. The summed E-state index contributed by atoms with van der Waals surface area (Å²) in [6.07, 6.45) is 1.04. The van der Waals surface area contributed by atoms with Gasteiger partial charge in [-0.3, -0.25) is 0 Å². The van der Waals surface area contributed by atoms with Crippen molar-refractivity contribution in [2.24, 2.45) is 0 Å². The lowest BCUT2D eigenvalue weighted by atomic mass is 10.2. The first-order chi connectivity index (χ1) is 8.83. The molecule has 0 N–H and O–H groups in total. The van der Waals surface area contributed by atoms with Crippen molar-refractivity contribution in [3.8, 4) is 11.5 Å². The molecule has 0 aliphatic carbocycles. The number of hydrogen-bond acceptors (Lipinski definition) is 3. The molecule has 0 unspecified atom stereocenters. The van der Waals surface area contributed by atoms with Crippen molar-refractivity contribution in [3.05, 3.63) is 23.8 Å². The Morgan fingerprint density at radius 3 is 2.72 bits per heavy atom. The maximum atomic E-state index is 5.93. The van der Waals surface area contributed by atoms with E-state index in [4.69, 9.17) is 21.1 Å². The Labute approximate surface area is 119 Å². The Bertz CT molecular complexity index is 345. The van der Waals surface area contributed by atoms with Gasteiger partial charge in [-0.15, -0.1) is 11.6 Å². The second-order valence-electron chi connectivity index (χ2n) is 3.71. The molecule has 0 aliphatic rings. The molecule has 0 aromatic heterocycles. The van der Waals surface area contributed by atoms with Crippen molar-refractivity contribution < 1.29 is 9.47 Å². The average molecular weight is 289 g/mol. The van der Waals surface area contributed by atoms with Crippen LogP contribution in [0.4, 0.5) is 0 Å². The highest BCUT2D eigenvalue weighted by Gasteiger charge is 2.09. The second kappa shape index (κ2) is 9.40. The van der Waals surface area contributed by atoms with Crippen LogP contribution in [0.5, 0.6) is 11.5 Å². The molecule has 0 fully saturated rings. The molecule has 0 amide bonds. The van der Waals surface area contributed by atoms with E-state index in [1.54, 1.807) is 0 Å². The topological polar surface area (TPSA) is 18.5 Å². The predicted molar refractivity (Wildman–Crippen MR) is 80.3 cm³/mol. The summed E-state index contributed by atoms with van der Waals surface area (Å²) >= 11 is 7.86. The van der Waals surface area contributed by atoms with Crippen molar-refractivity contribution in [3.63, 3.8) is 0 Å². The van der Waals surface area contributed by atoms with Crippen LogP contribution in [-0.2, 0) is 5.88 Å². The number of thioether (sulfide) groups is 1. The predicted octanol–water partition coefficient (Wildman–Crippen LogP) is 4.35. The summed E-state index contributed by atoms with van der Waals surface area (Å²) in [5, 5.41) is 0. The van der Waals surface area contributed by atoms with Crippen LogP contribution in [0, 0.1) is 0 Å². The Morgan fingerprint density at radius 1 is 1.22 bits per heavy atom. The quantitative estimate of drug-likeness (QED) is 0.497. The van der Waals surface area contributed by atoms with Gasteiger partial charge in [0.05, 0.1) is 19.1 Å². The van der Waals surface area contributed by atoms with Gasteiger partial charge in [0.15, 0.2) is 11.5 Å². The van der Waals surface area contributed by atoms with Crippen LogP contribution in [0.15, 0.2) is 18.2 Å². The van der Waals surface area contributed by atoms with Crippen LogP contribution >= 0.6 is 23.4 Å².